The molecule has 170 valence electrons. The van der Waals surface area contributed by atoms with Crippen molar-refractivity contribution < 1.29 is 14.3 Å². The maximum Gasteiger partial charge on any atom is 0.277 e. The molecule has 0 N–H and O–H groups in total. The molecule has 1 fully saturated rings. The highest BCUT2D eigenvalue weighted by atomic mass is 32.1. The van der Waals surface area contributed by atoms with Crippen LogP contribution in [0, 0.1) is 0 Å². The van der Waals surface area contributed by atoms with Gasteiger partial charge in [-0.15, -0.1) is 11.3 Å². The van der Waals surface area contributed by atoms with Gasteiger partial charge in [-0.25, -0.2) is 0 Å². The summed E-state index contributed by atoms with van der Waals surface area (Å²) in [7, 11) is 0. The Morgan fingerprint density at radius 2 is 1.59 bits per heavy atom. The lowest BCUT2D eigenvalue weighted by Crippen LogP contribution is -2.47. The number of anilines is 1. The molecule has 32 heavy (non-hydrogen) atoms. The van der Waals surface area contributed by atoms with Gasteiger partial charge in [0.1, 0.15) is 5.70 Å². The van der Waals surface area contributed by atoms with Crippen molar-refractivity contribution in [2.24, 2.45) is 0 Å². The van der Waals surface area contributed by atoms with Crippen molar-refractivity contribution >= 4 is 34.4 Å². The third-order valence-corrected chi connectivity index (χ3v) is 6.83. The molecular formula is C25H31N3O3S. The maximum absolute atomic E-state index is 13.4. The first-order chi connectivity index (χ1) is 15.7. The number of unbranched alkanes of at least 4 members (excludes halogenated alkanes) is 1. The van der Waals surface area contributed by atoms with Crippen LogP contribution < -0.4 is 4.90 Å². The number of piperazine rings is 1. The van der Waals surface area contributed by atoms with Crippen LogP contribution in [-0.2, 0) is 14.3 Å². The van der Waals surface area contributed by atoms with Crippen LogP contribution in [-0.4, -0.2) is 67.6 Å². The third-order valence-electron chi connectivity index (χ3n) is 5.94. The zero-order valence-corrected chi connectivity index (χ0v) is 19.5. The molecule has 6 nitrogen and oxygen atoms in total. The topological polar surface area (TPSA) is 53.1 Å². The minimum Gasteiger partial charge on any atom is -0.381 e. The van der Waals surface area contributed by atoms with E-state index in [0.29, 0.717) is 43.9 Å². The van der Waals surface area contributed by atoms with Gasteiger partial charge in [-0.3, -0.25) is 14.5 Å². The van der Waals surface area contributed by atoms with Crippen LogP contribution in [0.15, 0.2) is 53.5 Å². The average molecular weight is 454 g/mol. The number of carbonyl (C=O) groups is 2. The number of amides is 2. The van der Waals surface area contributed by atoms with Crippen molar-refractivity contribution in [2.45, 2.75) is 26.2 Å². The van der Waals surface area contributed by atoms with Gasteiger partial charge in [-0.05, 0) is 36.4 Å². The predicted molar refractivity (Wildman–Crippen MR) is 129 cm³/mol. The SMILES string of the molecule is CCCCOCCCN1C(=O)C(c2cccs2)=C(N2CCN(c3ccccc3)CC2)C1=O. The second kappa shape index (κ2) is 10.8. The second-order valence-corrected chi connectivity index (χ2v) is 9.04. The number of benzene rings is 1. The van der Waals surface area contributed by atoms with Crippen LogP contribution >= 0.6 is 11.3 Å². The van der Waals surface area contributed by atoms with Gasteiger partial charge >= 0.3 is 0 Å². The Morgan fingerprint density at radius 3 is 2.28 bits per heavy atom. The average Bonchev–Trinajstić information content (AvgIpc) is 3.44. The van der Waals surface area contributed by atoms with Crippen LogP contribution in [0.5, 0.6) is 0 Å². The van der Waals surface area contributed by atoms with Crippen molar-refractivity contribution in [3.63, 3.8) is 0 Å². The maximum atomic E-state index is 13.4. The van der Waals surface area contributed by atoms with E-state index in [2.05, 4.69) is 28.9 Å². The number of hydrogen-bond donors (Lipinski definition) is 0. The van der Waals surface area contributed by atoms with Crippen LogP contribution in [0.4, 0.5) is 5.69 Å². The second-order valence-electron chi connectivity index (χ2n) is 8.09. The molecule has 2 aliphatic rings. The van der Waals surface area contributed by atoms with Gasteiger partial charge in [0.25, 0.3) is 11.8 Å². The number of rotatable bonds is 10. The van der Waals surface area contributed by atoms with Crippen molar-refractivity contribution in [1.82, 2.24) is 9.80 Å². The van der Waals surface area contributed by atoms with Gasteiger partial charge in [0.2, 0.25) is 0 Å². The van der Waals surface area contributed by atoms with Crippen LogP contribution in [0.2, 0.25) is 0 Å². The summed E-state index contributed by atoms with van der Waals surface area (Å²) in [4.78, 5) is 33.4. The lowest BCUT2D eigenvalue weighted by Gasteiger charge is -2.37. The van der Waals surface area contributed by atoms with Crippen molar-refractivity contribution in [3.8, 4) is 0 Å². The molecule has 2 amide bonds. The highest BCUT2D eigenvalue weighted by molar-refractivity contribution is 7.11. The van der Waals surface area contributed by atoms with Crippen LogP contribution in [0.3, 0.4) is 0 Å². The Morgan fingerprint density at radius 1 is 0.875 bits per heavy atom. The predicted octanol–water partition coefficient (Wildman–Crippen LogP) is 3.86. The number of nitrogens with zero attached hydrogens (tertiary/aromatic N) is 3. The fraction of sp³-hybridized carbons (Fsp3) is 0.440. The van der Waals surface area contributed by atoms with E-state index in [1.165, 1.54) is 21.9 Å². The van der Waals surface area contributed by atoms with E-state index < -0.39 is 0 Å². The highest BCUT2D eigenvalue weighted by Crippen LogP contribution is 2.34. The van der Waals surface area contributed by atoms with Crippen LogP contribution in [0.25, 0.3) is 5.57 Å². The van der Waals surface area contributed by atoms with Crippen molar-refractivity contribution in [1.29, 1.82) is 0 Å². The summed E-state index contributed by atoms with van der Waals surface area (Å²) in [5.74, 6) is -0.341. The summed E-state index contributed by atoms with van der Waals surface area (Å²) in [5.41, 5.74) is 2.32. The fourth-order valence-electron chi connectivity index (χ4n) is 4.20. The number of carbonyl (C=O) groups excluding carboxylic acids is 2. The molecule has 4 rings (SSSR count). The standard InChI is InChI=1S/C25H31N3O3S/c1-2-3-17-31-18-8-12-28-24(29)22(21-11-7-19-32-21)23(25(28)30)27-15-13-26(14-16-27)20-9-5-4-6-10-20/h4-7,9-11,19H,2-3,8,12-18H2,1H3. The summed E-state index contributed by atoms with van der Waals surface area (Å²) in [6.45, 7) is 6.88. The first kappa shape index (κ1) is 22.6. The monoisotopic (exact) mass is 453 g/mol. The quantitative estimate of drug-likeness (QED) is 0.404. The third kappa shape index (κ3) is 4.89. The van der Waals surface area contributed by atoms with Gasteiger partial charge in [0, 0.05) is 56.5 Å². The van der Waals surface area contributed by atoms with E-state index in [1.54, 1.807) is 0 Å². The molecule has 2 aromatic rings. The van der Waals surface area contributed by atoms with Crippen LogP contribution in [0.1, 0.15) is 31.1 Å². The Kier molecular flexibility index (Phi) is 7.60. The molecule has 0 spiro atoms. The fourth-order valence-corrected chi connectivity index (χ4v) is 4.97. The van der Waals surface area contributed by atoms with Gasteiger partial charge in [-0.2, -0.15) is 0 Å². The van der Waals surface area contributed by atoms with Crippen molar-refractivity contribution in [2.75, 3.05) is 50.8 Å². The van der Waals surface area contributed by atoms with Gasteiger partial charge in [-0.1, -0.05) is 37.6 Å². The van der Waals surface area contributed by atoms with E-state index in [-0.39, 0.29) is 11.8 Å². The number of ether oxygens (including phenoxy) is 1. The van der Waals surface area contributed by atoms with E-state index in [9.17, 15) is 9.59 Å². The molecule has 7 heteroatoms. The molecule has 2 aliphatic heterocycles. The van der Waals surface area contributed by atoms with Crippen molar-refractivity contribution in [3.05, 3.63) is 58.4 Å². The normalized spacial score (nSPS) is 17.1. The summed E-state index contributed by atoms with van der Waals surface area (Å²) >= 11 is 1.51. The molecule has 0 bridgehead atoms. The lowest BCUT2D eigenvalue weighted by atomic mass is 10.1. The molecule has 0 atom stereocenters. The summed E-state index contributed by atoms with van der Waals surface area (Å²) in [5, 5.41) is 1.95. The van der Waals surface area contributed by atoms with Gasteiger partial charge in [0.15, 0.2) is 0 Å². The zero-order chi connectivity index (χ0) is 22.3. The molecule has 0 aliphatic carbocycles. The number of para-hydroxylation sites is 1. The number of imide groups is 1. The highest BCUT2D eigenvalue weighted by Gasteiger charge is 2.42. The minimum absolute atomic E-state index is 0.167. The number of hydrogen-bond acceptors (Lipinski definition) is 6. The molecule has 0 saturated carbocycles. The molecule has 0 unspecified atom stereocenters. The van der Waals surface area contributed by atoms with Gasteiger partial charge in [0.05, 0.1) is 5.57 Å². The Hall–Kier alpha value is -2.64. The van der Waals surface area contributed by atoms with Gasteiger partial charge < -0.3 is 14.5 Å². The Labute approximate surface area is 194 Å². The molecule has 0 radical (unpaired) electrons. The zero-order valence-electron chi connectivity index (χ0n) is 18.7. The first-order valence-electron chi connectivity index (χ1n) is 11.5. The molecule has 1 aromatic carbocycles. The summed E-state index contributed by atoms with van der Waals surface area (Å²) < 4.78 is 5.62. The van der Waals surface area contributed by atoms with E-state index >= 15 is 0 Å². The lowest BCUT2D eigenvalue weighted by molar-refractivity contribution is -0.137. The smallest absolute Gasteiger partial charge is 0.277 e. The molecular weight excluding hydrogens is 422 g/mol. The van der Waals surface area contributed by atoms with E-state index in [4.69, 9.17) is 4.74 Å². The molecule has 3 heterocycles. The first-order valence-corrected chi connectivity index (χ1v) is 12.4. The molecule has 1 saturated heterocycles. The minimum atomic E-state index is -0.175. The Balaban J connectivity index is 1.46. The summed E-state index contributed by atoms with van der Waals surface area (Å²) in [6, 6.07) is 14.2. The largest absolute Gasteiger partial charge is 0.381 e. The molecule has 1 aromatic heterocycles. The Bertz CT molecular complexity index is 935. The van der Waals surface area contributed by atoms with E-state index in [1.807, 2.05) is 35.7 Å². The summed E-state index contributed by atoms with van der Waals surface area (Å²) in [6.07, 6.45) is 2.79. The number of thiophene rings is 1. The van der Waals surface area contributed by atoms with E-state index in [0.717, 1.165) is 37.4 Å².